The molecule has 1 N–H and O–H groups in total. The highest BCUT2D eigenvalue weighted by Gasteiger charge is 2.13. The summed E-state index contributed by atoms with van der Waals surface area (Å²) < 4.78 is 18.4. The number of carboxylic acids is 1. The number of nitrogens with zero attached hydrogens (tertiary/aromatic N) is 1. The first-order valence-electron chi connectivity index (χ1n) is 7.21. The van der Waals surface area contributed by atoms with Gasteiger partial charge in [0.2, 0.25) is 0 Å². The van der Waals surface area contributed by atoms with Gasteiger partial charge in [0, 0.05) is 30.7 Å². The van der Waals surface area contributed by atoms with Crippen LogP contribution in [0, 0.1) is 5.82 Å². The highest BCUT2D eigenvalue weighted by atomic mass is 19.1. The lowest BCUT2D eigenvalue weighted by atomic mass is 10.1. The Hall–Kier alpha value is -3.15. The second-order valence-corrected chi connectivity index (χ2v) is 5.46. The molecule has 6 heteroatoms. The average Bonchev–Trinajstić information content (AvgIpc) is 2.53. The van der Waals surface area contributed by atoms with Crippen molar-refractivity contribution in [2.24, 2.45) is 0 Å². The highest BCUT2D eigenvalue weighted by Crippen LogP contribution is 2.22. The molecular formula is C18H14FNO4. The number of benzene rings is 2. The summed E-state index contributed by atoms with van der Waals surface area (Å²) in [4.78, 5) is 24.5. The summed E-state index contributed by atoms with van der Waals surface area (Å²) >= 11 is 0. The lowest BCUT2D eigenvalue weighted by Crippen LogP contribution is -2.17. The van der Waals surface area contributed by atoms with Crippen LogP contribution in [0.5, 0.6) is 0 Å². The topological polar surface area (TPSA) is 70.8 Å². The first kappa shape index (κ1) is 15.7. The summed E-state index contributed by atoms with van der Waals surface area (Å²) in [7, 11) is 1.83. The molecule has 122 valence electrons. The summed E-state index contributed by atoms with van der Waals surface area (Å²) in [6.45, 7) is 0.473. The van der Waals surface area contributed by atoms with Gasteiger partial charge in [-0.1, -0.05) is 12.1 Å². The number of halogens is 1. The Labute approximate surface area is 136 Å². The van der Waals surface area contributed by atoms with Crippen LogP contribution >= 0.6 is 0 Å². The molecule has 0 saturated carbocycles. The molecule has 0 radical (unpaired) electrons. The Morgan fingerprint density at radius 3 is 2.71 bits per heavy atom. The number of anilines is 1. The van der Waals surface area contributed by atoms with Gasteiger partial charge < -0.3 is 14.4 Å². The zero-order chi connectivity index (χ0) is 17.3. The van der Waals surface area contributed by atoms with Gasteiger partial charge in [0.25, 0.3) is 0 Å². The Morgan fingerprint density at radius 1 is 1.21 bits per heavy atom. The Morgan fingerprint density at radius 2 is 2.00 bits per heavy atom. The van der Waals surface area contributed by atoms with Crippen LogP contribution in [0.4, 0.5) is 10.1 Å². The molecule has 0 aliphatic heterocycles. The van der Waals surface area contributed by atoms with Crippen LogP contribution in [0.1, 0.15) is 15.9 Å². The molecule has 0 aliphatic rings. The first-order chi connectivity index (χ1) is 11.4. The van der Waals surface area contributed by atoms with Crippen molar-refractivity contribution in [3.63, 3.8) is 0 Å². The molecule has 0 bridgehead atoms. The van der Waals surface area contributed by atoms with Crippen molar-refractivity contribution in [2.45, 2.75) is 6.54 Å². The number of rotatable bonds is 4. The number of aromatic carboxylic acids is 1. The summed E-state index contributed by atoms with van der Waals surface area (Å²) in [6.07, 6.45) is 0. The van der Waals surface area contributed by atoms with Gasteiger partial charge in [-0.15, -0.1) is 0 Å². The SMILES string of the molecule is CN(Cc1cccc(F)c1)c1ccc2cc(C(=O)O)c(=O)oc2c1. The van der Waals surface area contributed by atoms with E-state index in [-0.39, 0.29) is 5.82 Å². The van der Waals surface area contributed by atoms with Crippen molar-refractivity contribution >= 4 is 22.6 Å². The normalized spacial score (nSPS) is 10.8. The van der Waals surface area contributed by atoms with E-state index in [0.717, 1.165) is 11.3 Å². The smallest absolute Gasteiger partial charge is 0.351 e. The Kier molecular flexibility index (Phi) is 4.04. The standard InChI is InChI=1S/C18H14FNO4/c1-20(10-11-3-2-4-13(19)7-11)14-6-5-12-8-15(17(21)22)18(23)24-16(12)9-14/h2-9H,10H2,1H3,(H,21,22). The van der Waals surface area contributed by atoms with Crippen LogP contribution in [0.15, 0.2) is 57.7 Å². The van der Waals surface area contributed by atoms with Crippen LogP contribution < -0.4 is 10.5 Å². The minimum atomic E-state index is -1.32. The molecule has 0 spiro atoms. The molecule has 5 nitrogen and oxygen atoms in total. The molecule has 1 aromatic heterocycles. The third kappa shape index (κ3) is 3.12. The van der Waals surface area contributed by atoms with Crippen molar-refractivity contribution < 1.29 is 18.7 Å². The predicted molar refractivity (Wildman–Crippen MR) is 88.0 cm³/mol. The zero-order valence-corrected chi connectivity index (χ0v) is 12.8. The van der Waals surface area contributed by atoms with Gasteiger partial charge in [0.15, 0.2) is 0 Å². The fourth-order valence-electron chi connectivity index (χ4n) is 2.49. The van der Waals surface area contributed by atoms with Gasteiger partial charge >= 0.3 is 11.6 Å². The van der Waals surface area contributed by atoms with Crippen LogP contribution in [0.25, 0.3) is 11.0 Å². The summed E-state index contributed by atoms with van der Waals surface area (Å²) in [6, 6.07) is 12.7. The van der Waals surface area contributed by atoms with Crippen molar-refractivity contribution in [3.8, 4) is 0 Å². The van der Waals surface area contributed by atoms with Crippen LogP contribution in [0.2, 0.25) is 0 Å². The maximum absolute atomic E-state index is 13.3. The molecule has 0 aliphatic carbocycles. The van der Waals surface area contributed by atoms with E-state index < -0.39 is 17.2 Å². The Balaban J connectivity index is 1.94. The summed E-state index contributed by atoms with van der Waals surface area (Å²) in [5.74, 6) is -1.62. The van der Waals surface area contributed by atoms with E-state index in [9.17, 15) is 14.0 Å². The number of hydrogen-bond donors (Lipinski definition) is 1. The predicted octanol–water partition coefficient (Wildman–Crippen LogP) is 3.27. The zero-order valence-electron chi connectivity index (χ0n) is 12.8. The average molecular weight is 327 g/mol. The number of fused-ring (bicyclic) bond motifs is 1. The lowest BCUT2D eigenvalue weighted by molar-refractivity contribution is 0.0692. The second-order valence-electron chi connectivity index (χ2n) is 5.46. The molecule has 1 heterocycles. The summed E-state index contributed by atoms with van der Waals surface area (Å²) in [5.41, 5.74) is 0.579. The van der Waals surface area contributed by atoms with E-state index >= 15 is 0 Å². The molecule has 3 aromatic rings. The molecule has 0 saturated heterocycles. The van der Waals surface area contributed by atoms with Gasteiger partial charge in [0.1, 0.15) is 17.0 Å². The number of hydrogen-bond acceptors (Lipinski definition) is 4. The molecule has 0 fully saturated rings. The minimum absolute atomic E-state index is 0.299. The maximum atomic E-state index is 13.3. The van der Waals surface area contributed by atoms with Crippen LogP contribution in [0.3, 0.4) is 0 Å². The van der Waals surface area contributed by atoms with E-state index in [2.05, 4.69) is 0 Å². The second kappa shape index (κ2) is 6.16. The number of carbonyl (C=O) groups is 1. The van der Waals surface area contributed by atoms with Gasteiger partial charge in [-0.2, -0.15) is 0 Å². The van der Waals surface area contributed by atoms with Crippen LogP contribution in [-0.2, 0) is 6.54 Å². The third-order valence-corrected chi connectivity index (χ3v) is 3.70. The van der Waals surface area contributed by atoms with E-state index in [4.69, 9.17) is 9.52 Å². The third-order valence-electron chi connectivity index (χ3n) is 3.70. The maximum Gasteiger partial charge on any atom is 0.351 e. The quantitative estimate of drug-likeness (QED) is 0.745. The van der Waals surface area contributed by atoms with Gasteiger partial charge in [0.05, 0.1) is 0 Å². The molecule has 24 heavy (non-hydrogen) atoms. The monoisotopic (exact) mass is 327 g/mol. The van der Waals surface area contributed by atoms with E-state index in [1.165, 1.54) is 18.2 Å². The first-order valence-corrected chi connectivity index (χ1v) is 7.21. The van der Waals surface area contributed by atoms with E-state index in [0.29, 0.717) is 17.5 Å². The fraction of sp³-hybridized carbons (Fsp3) is 0.111. The molecule has 0 amide bonds. The van der Waals surface area contributed by atoms with Crippen molar-refractivity contribution in [2.75, 3.05) is 11.9 Å². The Bertz CT molecular complexity index is 980. The van der Waals surface area contributed by atoms with Gasteiger partial charge in [-0.05, 0) is 35.9 Å². The number of carboxylic acid groups (broad SMARTS) is 1. The molecular weight excluding hydrogens is 313 g/mol. The molecule has 0 atom stereocenters. The fourth-order valence-corrected chi connectivity index (χ4v) is 2.49. The van der Waals surface area contributed by atoms with E-state index in [1.807, 2.05) is 18.0 Å². The van der Waals surface area contributed by atoms with Gasteiger partial charge in [-0.3, -0.25) is 0 Å². The highest BCUT2D eigenvalue weighted by molar-refractivity contribution is 5.92. The largest absolute Gasteiger partial charge is 0.477 e. The minimum Gasteiger partial charge on any atom is -0.477 e. The van der Waals surface area contributed by atoms with Crippen LogP contribution in [-0.4, -0.2) is 18.1 Å². The molecule has 2 aromatic carbocycles. The van der Waals surface area contributed by atoms with Gasteiger partial charge in [-0.25, -0.2) is 14.0 Å². The van der Waals surface area contributed by atoms with Crippen molar-refractivity contribution in [3.05, 3.63) is 75.9 Å². The lowest BCUT2D eigenvalue weighted by Gasteiger charge is -2.19. The van der Waals surface area contributed by atoms with Crippen molar-refractivity contribution in [1.82, 2.24) is 0 Å². The summed E-state index contributed by atoms with van der Waals surface area (Å²) in [5, 5.41) is 9.48. The van der Waals surface area contributed by atoms with E-state index in [1.54, 1.807) is 24.3 Å². The molecule has 3 rings (SSSR count). The molecule has 0 unspecified atom stereocenters. The van der Waals surface area contributed by atoms with Crippen molar-refractivity contribution in [1.29, 1.82) is 0 Å².